The van der Waals surface area contributed by atoms with Gasteiger partial charge in [0, 0.05) is 19.3 Å². The number of rotatable bonds is 7. The molecule has 110 valence electrons. The second-order valence-corrected chi connectivity index (χ2v) is 4.19. The molecular weight excluding hydrogens is 262 g/mol. The van der Waals surface area contributed by atoms with E-state index in [0.29, 0.717) is 13.1 Å². The van der Waals surface area contributed by atoms with E-state index in [9.17, 15) is 14.4 Å². The molecule has 2 N–H and O–H groups in total. The van der Waals surface area contributed by atoms with Crippen molar-refractivity contribution < 1.29 is 19.5 Å². The third kappa shape index (κ3) is 4.11. The molecule has 20 heavy (non-hydrogen) atoms. The Kier molecular flexibility index (Phi) is 5.76. The summed E-state index contributed by atoms with van der Waals surface area (Å²) in [6, 6.07) is 3.15. The first-order chi connectivity index (χ1) is 9.49. The predicted octanol–water partition coefficient (Wildman–Crippen LogP) is 0.171. The standard InChI is InChI=1S/C13H19N3O4/c1-3-14-11(17)8-15(4-2)13(20)10-6-5-7-16(10)9-12(18)19/h5-7H,3-4,8-9H2,1-2H3,(H,14,17)(H,18,19). The van der Waals surface area contributed by atoms with Gasteiger partial charge in [-0.15, -0.1) is 0 Å². The van der Waals surface area contributed by atoms with Crippen molar-refractivity contribution in [3.8, 4) is 0 Å². The number of hydrogen-bond donors (Lipinski definition) is 2. The van der Waals surface area contributed by atoms with Gasteiger partial charge in [0.15, 0.2) is 0 Å². The molecule has 0 aromatic carbocycles. The van der Waals surface area contributed by atoms with Crippen LogP contribution in [-0.4, -0.2) is 52.0 Å². The van der Waals surface area contributed by atoms with E-state index >= 15 is 0 Å². The minimum absolute atomic E-state index is 0.0403. The van der Waals surface area contributed by atoms with Crippen molar-refractivity contribution in [3.63, 3.8) is 0 Å². The van der Waals surface area contributed by atoms with Crippen LogP contribution in [0.4, 0.5) is 0 Å². The number of carbonyl (C=O) groups is 3. The largest absolute Gasteiger partial charge is 0.480 e. The van der Waals surface area contributed by atoms with Gasteiger partial charge < -0.3 is 19.9 Å². The number of aromatic nitrogens is 1. The van der Waals surface area contributed by atoms with Crippen molar-refractivity contribution in [1.29, 1.82) is 0 Å². The van der Waals surface area contributed by atoms with Crippen molar-refractivity contribution in [2.45, 2.75) is 20.4 Å². The van der Waals surface area contributed by atoms with Gasteiger partial charge in [-0.3, -0.25) is 14.4 Å². The van der Waals surface area contributed by atoms with Crippen molar-refractivity contribution in [1.82, 2.24) is 14.8 Å². The lowest BCUT2D eigenvalue weighted by atomic mass is 10.3. The Bertz CT molecular complexity index is 496. The van der Waals surface area contributed by atoms with Crippen LogP contribution >= 0.6 is 0 Å². The van der Waals surface area contributed by atoms with E-state index in [-0.39, 0.29) is 30.6 Å². The number of carboxylic acids is 1. The average molecular weight is 281 g/mol. The number of nitrogens with zero attached hydrogens (tertiary/aromatic N) is 2. The van der Waals surface area contributed by atoms with Crippen LogP contribution in [0.15, 0.2) is 18.3 Å². The summed E-state index contributed by atoms with van der Waals surface area (Å²) < 4.78 is 1.35. The Morgan fingerprint density at radius 2 is 2.05 bits per heavy atom. The fourth-order valence-corrected chi connectivity index (χ4v) is 1.81. The highest BCUT2D eigenvalue weighted by Crippen LogP contribution is 2.07. The molecule has 7 heteroatoms. The molecule has 1 aromatic rings. The van der Waals surface area contributed by atoms with Gasteiger partial charge in [-0.1, -0.05) is 0 Å². The molecule has 1 rings (SSSR count). The van der Waals surface area contributed by atoms with E-state index in [0.717, 1.165) is 0 Å². The van der Waals surface area contributed by atoms with E-state index in [4.69, 9.17) is 5.11 Å². The van der Waals surface area contributed by atoms with Crippen LogP contribution in [0.25, 0.3) is 0 Å². The first-order valence-corrected chi connectivity index (χ1v) is 6.42. The summed E-state index contributed by atoms with van der Waals surface area (Å²) in [6.07, 6.45) is 1.53. The number of amides is 2. The summed E-state index contributed by atoms with van der Waals surface area (Å²) in [7, 11) is 0. The second kappa shape index (κ2) is 7.32. The highest BCUT2D eigenvalue weighted by molar-refractivity contribution is 5.95. The van der Waals surface area contributed by atoms with Crippen molar-refractivity contribution in [2.75, 3.05) is 19.6 Å². The van der Waals surface area contributed by atoms with Gasteiger partial charge in [0.25, 0.3) is 5.91 Å². The monoisotopic (exact) mass is 281 g/mol. The molecule has 0 radical (unpaired) electrons. The van der Waals surface area contributed by atoms with Gasteiger partial charge in [-0.05, 0) is 26.0 Å². The van der Waals surface area contributed by atoms with Crippen LogP contribution in [0.2, 0.25) is 0 Å². The smallest absolute Gasteiger partial charge is 0.323 e. The Hall–Kier alpha value is -2.31. The summed E-state index contributed by atoms with van der Waals surface area (Å²) in [5, 5.41) is 11.4. The Morgan fingerprint density at radius 1 is 1.35 bits per heavy atom. The number of hydrogen-bond acceptors (Lipinski definition) is 3. The fourth-order valence-electron chi connectivity index (χ4n) is 1.81. The van der Waals surface area contributed by atoms with E-state index in [2.05, 4.69) is 5.32 Å². The molecule has 0 atom stereocenters. The lowest BCUT2D eigenvalue weighted by Crippen LogP contribution is -2.41. The van der Waals surface area contributed by atoms with Gasteiger partial charge >= 0.3 is 5.97 Å². The number of likely N-dealkylation sites (N-methyl/N-ethyl adjacent to an activating group) is 2. The minimum Gasteiger partial charge on any atom is -0.480 e. The van der Waals surface area contributed by atoms with Gasteiger partial charge in [0.1, 0.15) is 12.2 Å². The second-order valence-electron chi connectivity index (χ2n) is 4.19. The van der Waals surface area contributed by atoms with Crippen molar-refractivity contribution in [3.05, 3.63) is 24.0 Å². The molecule has 0 bridgehead atoms. The first-order valence-electron chi connectivity index (χ1n) is 6.42. The summed E-state index contributed by atoms with van der Waals surface area (Å²) in [5.41, 5.74) is 0.263. The third-order valence-corrected chi connectivity index (χ3v) is 2.73. The van der Waals surface area contributed by atoms with Crippen LogP contribution in [0, 0.1) is 0 Å². The van der Waals surface area contributed by atoms with Gasteiger partial charge in [-0.25, -0.2) is 0 Å². The molecule has 0 aliphatic rings. The lowest BCUT2D eigenvalue weighted by Gasteiger charge is -2.20. The third-order valence-electron chi connectivity index (χ3n) is 2.73. The van der Waals surface area contributed by atoms with Crippen molar-refractivity contribution in [2.24, 2.45) is 0 Å². The summed E-state index contributed by atoms with van der Waals surface area (Å²) in [6.45, 7) is 4.11. The molecular formula is C13H19N3O4. The zero-order valence-electron chi connectivity index (χ0n) is 11.6. The molecule has 1 aromatic heterocycles. The summed E-state index contributed by atoms with van der Waals surface area (Å²) in [4.78, 5) is 36.0. The normalized spacial score (nSPS) is 10.1. The predicted molar refractivity (Wildman–Crippen MR) is 72.3 cm³/mol. The van der Waals surface area contributed by atoms with E-state index in [1.807, 2.05) is 0 Å². The zero-order chi connectivity index (χ0) is 15.1. The van der Waals surface area contributed by atoms with Gasteiger partial charge in [0.2, 0.25) is 5.91 Å². The lowest BCUT2D eigenvalue weighted by molar-refractivity contribution is -0.137. The Morgan fingerprint density at radius 3 is 2.60 bits per heavy atom. The average Bonchev–Trinajstić information content (AvgIpc) is 2.82. The summed E-state index contributed by atoms with van der Waals surface area (Å²) >= 11 is 0. The van der Waals surface area contributed by atoms with Gasteiger partial charge in [-0.2, -0.15) is 0 Å². The van der Waals surface area contributed by atoms with Gasteiger partial charge in [0.05, 0.1) is 6.54 Å². The molecule has 0 saturated heterocycles. The van der Waals surface area contributed by atoms with E-state index in [1.54, 1.807) is 26.0 Å². The van der Waals surface area contributed by atoms with Crippen LogP contribution in [0.5, 0.6) is 0 Å². The van der Waals surface area contributed by atoms with Crippen LogP contribution < -0.4 is 5.32 Å². The maximum absolute atomic E-state index is 12.3. The fraction of sp³-hybridized carbons (Fsp3) is 0.462. The molecule has 0 unspecified atom stereocenters. The Balaban J connectivity index is 2.83. The minimum atomic E-state index is -1.03. The molecule has 0 aliphatic heterocycles. The molecule has 7 nitrogen and oxygen atoms in total. The maximum atomic E-state index is 12.3. The molecule has 0 spiro atoms. The van der Waals surface area contributed by atoms with E-state index < -0.39 is 5.97 Å². The van der Waals surface area contributed by atoms with Crippen molar-refractivity contribution >= 4 is 17.8 Å². The van der Waals surface area contributed by atoms with E-state index in [1.165, 1.54) is 15.7 Å². The highest BCUT2D eigenvalue weighted by Gasteiger charge is 2.20. The highest BCUT2D eigenvalue weighted by atomic mass is 16.4. The number of carbonyl (C=O) groups excluding carboxylic acids is 2. The maximum Gasteiger partial charge on any atom is 0.323 e. The summed E-state index contributed by atoms with van der Waals surface area (Å²) in [5.74, 6) is -1.62. The molecule has 0 saturated carbocycles. The van der Waals surface area contributed by atoms with Crippen LogP contribution in [-0.2, 0) is 16.1 Å². The van der Waals surface area contributed by atoms with Crippen LogP contribution in [0.3, 0.4) is 0 Å². The SMILES string of the molecule is CCNC(=O)CN(CC)C(=O)c1cccn1CC(=O)O. The Labute approximate surface area is 117 Å². The number of aliphatic carboxylic acids is 1. The zero-order valence-corrected chi connectivity index (χ0v) is 11.6. The number of carboxylic acid groups (broad SMARTS) is 1. The molecule has 1 heterocycles. The first kappa shape index (κ1) is 15.7. The topological polar surface area (TPSA) is 91.6 Å². The molecule has 2 amide bonds. The molecule has 0 fully saturated rings. The quantitative estimate of drug-likeness (QED) is 0.745. The number of nitrogens with one attached hydrogen (secondary N) is 1. The molecule has 0 aliphatic carbocycles. The van der Waals surface area contributed by atoms with Crippen LogP contribution in [0.1, 0.15) is 24.3 Å².